The fourth-order valence-corrected chi connectivity index (χ4v) is 2.04. The largest absolute Gasteiger partial charge is 0.397 e. The summed E-state index contributed by atoms with van der Waals surface area (Å²) in [6.45, 7) is 16.3. The highest BCUT2D eigenvalue weighted by molar-refractivity contribution is 6.10. The number of rotatable bonds is 5. The minimum absolute atomic E-state index is 0.145. The molecule has 0 aromatic heterocycles. The first-order chi connectivity index (χ1) is 11.8. The normalized spacial score (nSPS) is 11.1. The van der Waals surface area contributed by atoms with Gasteiger partial charge < -0.3 is 5.11 Å². The van der Waals surface area contributed by atoms with Gasteiger partial charge in [-0.25, -0.2) is 0 Å². The quantitative estimate of drug-likeness (QED) is 0.371. The smallest absolute Gasteiger partial charge is 0.189 e. The van der Waals surface area contributed by atoms with Gasteiger partial charge in [0.25, 0.3) is 0 Å². The SMILES string of the molecule is C/C=C\C(CC)=C(/C)C(=O)c1cc(C)ccc1C.CCCC.CCO. The number of aliphatic hydroxyl groups excluding tert-OH is 1. The molecule has 0 saturated carbocycles. The van der Waals surface area contributed by atoms with Crippen LogP contribution in [-0.4, -0.2) is 17.5 Å². The van der Waals surface area contributed by atoms with Crippen molar-refractivity contribution in [2.75, 3.05) is 6.61 Å². The van der Waals surface area contributed by atoms with Crippen molar-refractivity contribution in [1.29, 1.82) is 0 Å². The van der Waals surface area contributed by atoms with E-state index in [1.54, 1.807) is 6.92 Å². The van der Waals surface area contributed by atoms with E-state index in [2.05, 4.69) is 20.8 Å². The third kappa shape index (κ3) is 10.7. The lowest BCUT2D eigenvalue weighted by molar-refractivity contribution is 0.103. The molecule has 2 heteroatoms. The Morgan fingerprint density at radius 3 is 2.00 bits per heavy atom. The molecule has 0 atom stereocenters. The molecular weight excluding hydrogens is 308 g/mol. The van der Waals surface area contributed by atoms with E-state index in [1.165, 1.54) is 12.8 Å². The highest BCUT2D eigenvalue weighted by Crippen LogP contribution is 2.19. The van der Waals surface area contributed by atoms with Crippen LogP contribution in [0.5, 0.6) is 0 Å². The standard InChI is InChI=1S/C17H22O.C4H10.C2H6O/c1-6-8-15(7-2)14(5)17(18)16-11-12(3)9-10-13(16)4;1-3-4-2;1-2-3/h6,8-11H,7H2,1-5H3;3-4H2,1-2H3;3H,2H2,1H3/b8-6-,15-14+;;. The number of carbonyl (C=O) groups is 1. The van der Waals surface area contributed by atoms with Crippen LogP contribution in [0.25, 0.3) is 0 Å². The van der Waals surface area contributed by atoms with Gasteiger partial charge in [-0.05, 0) is 58.2 Å². The highest BCUT2D eigenvalue weighted by Gasteiger charge is 2.13. The van der Waals surface area contributed by atoms with Gasteiger partial charge in [-0.2, -0.15) is 0 Å². The maximum absolute atomic E-state index is 12.5. The number of hydrogen-bond donors (Lipinski definition) is 1. The van der Waals surface area contributed by atoms with Crippen molar-refractivity contribution in [3.8, 4) is 0 Å². The topological polar surface area (TPSA) is 37.3 Å². The summed E-state index contributed by atoms with van der Waals surface area (Å²) in [5, 5.41) is 7.57. The van der Waals surface area contributed by atoms with Crippen LogP contribution in [0.2, 0.25) is 0 Å². The van der Waals surface area contributed by atoms with Gasteiger partial charge in [0.15, 0.2) is 5.78 Å². The van der Waals surface area contributed by atoms with Crippen molar-refractivity contribution in [2.24, 2.45) is 0 Å². The first-order valence-electron chi connectivity index (χ1n) is 9.39. The predicted molar refractivity (Wildman–Crippen MR) is 111 cm³/mol. The zero-order valence-electron chi connectivity index (χ0n) is 17.6. The zero-order chi connectivity index (χ0) is 19.8. The molecule has 0 bridgehead atoms. The van der Waals surface area contributed by atoms with Gasteiger partial charge in [0.05, 0.1) is 0 Å². The van der Waals surface area contributed by atoms with Crippen LogP contribution in [0.3, 0.4) is 0 Å². The predicted octanol–water partition coefficient (Wildman–Crippen LogP) is 6.59. The second-order valence-electron chi connectivity index (χ2n) is 5.97. The van der Waals surface area contributed by atoms with E-state index in [1.807, 2.05) is 58.0 Å². The second kappa shape index (κ2) is 15.8. The fraction of sp³-hybridized carbons (Fsp3) is 0.522. The Kier molecular flexibility index (Phi) is 16.2. The van der Waals surface area contributed by atoms with Crippen LogP contribution in [-0.2, 0) is 0 Å². The van der Waals surface area contributed by atoms with Gasteiger partial charge in [-0.3, -0.25) is 4.79 Å². The van der Waals surface area contributed by atoms with Crippen molar-refractivity contribution in [3.05, 3.63) is 58.2 Å². The van der Waals surface area contributed by atoms with E-state index in [4.69, 9.17) is 5.11 Å². The van der Waals surface area contributed by atoms with Gasteiger partial charge in [0.2, 0.25) is 0 Å². The van der Waals surface area contributed by atoms with Crippen molar-refractivity contribution in [3.63, 3.8) is 0 Å². The van der Waals surface area contributed by atoms with Gasteiger partial charge in [0, 0.05) is 17.7 Å². The molecule has 0 spiro atoms. The molecule has 0 amide bonds. The van der Waals surface area contributed by atoms with E-state index >= 15 is 0 Å². The van der Waals surface area contributed by atoms with Gasteiger partial charge in [0.1, 0.15) is 0 Å². The molecule has 1 rings (SSSR count). The molecule has 0 heterocycles. The lowest BCUT2D eigenvalue weighted by atomic mass is 9.94. The van der Waals surface area contributed by atoms with Gasteiger partial charge >= 0.3 is 0 Å². The Labute approximate surface area is 155 Å². The Bertz CT molecular complexity index is 549. The molecule has 0 aliphatic carbocycles. The number of Topliss-reactive ketones (excluding diaryl/α,β-unsaturated/α-hetero) is 1. The van der Waals surface area contributed by atoms with E-state index in [0.717, 1.165) is 34.3 Å². The number of aryl methyl sites for hydroxylation is 2. The van der Waals surface area contributed by atoms with Crippen LogP contribution in [0.1, 0.15) is 82.3 Å². The van der Waals surface area contributed by atoms with Crippen molar-refractivity contribution < 1.29 is 9.90 Å². The maximum Gasteiger partial charge on any atom is 0.189 e. The van der Waals surface area contributed by atoms with E-state index in [0.29, 0.717) is 0 Å². The molecule has 0 saturated heterocycles. The lowest BCUT2D eigenvalue weighted by Crippen LogP contribution is -2.06. The number of allylic oxidation sites excluding steroid dienone is 4. The van der Waals surface area contributed by atoms with Crippen molar-refractivity contribution in [1.82, 2.24) is 0 Å². The maximum atomic E-state index is 12.5. The van der Waals surface area contributed by atoms with Gasteiger partial charge in [-0.15, -0.1) is 0 Å². The molecule has 1 N–H and O–H groups in total. The summed E-state index contributed by atoms with van der Waals surface area (Å²) in [5.41, 5.74) is 4.96. The fourth-order valence-electron chi connectivity index (χ4n) is 2.04. The van der Waals surface area contributed by atoms with Crippen LogP contribution in [0.15, 0.2) is 41.5 Å². The average Bonchev–Trinajstić information content (AvgIpc) is 2.61. The van der Waals surface area contributed by atoms with E-state index < -0.39 is 0 Å². The Morgan fingerprint density at radius 2 is 1.60 bits per heavy atom. The highest BCUT2D eigenvalue weighted by atomic mass is 16.2. The molecule has 2 nitrogen and oxygen atoms in total. The minimum atomic E-state index is 0.145. The average molecular weight is 347 g/mol. The molecule has 0 unspecified atom stereocenters. The summed E-state index contributed by atoms with van der Waals surface area (Å²) in [7, 11) is 0. The van der Waals surface area contributed by atoms with Crippen molar-refractivity contribution >= 4 is 5.78 Å². The van der Waals surface area contributed by atoms with E-state index in [9.17, 15) is 4.79 Å². The zero-order valence-corrected chi connectivity index (χ0v) is 17.6. The molecular formula is C23H38O2. The number of ketones is 1. The third-order valence-corrected chi connectivity index (χ3v) is 3.71. The summed E-state index contributed by atoms with van der Waals surface area (Å²) in [4.78, 5) is 12.5. The summed E-state index contributed by atoms with van der Waals surface area (Å²) < 4.78 is 0. The Hall–Kier alpha value is -1.67. The monoisotopic (exact) mass is 346 g/mol. The van der Waals surface area contributed by atoms with E-state index in [-0.39, 0.29) is 12.4 Å². The molecule has 1 aromatic carbocycles. The summed E-state index contributed by atoms with van der Waals surface area (Å²) in [6.07, 6.45) is 7.53. The van der Waals surface area contributed by atoms with Crippen molar-refractivity contribution in [2.45, 2.75) is 74.7 Å². The molecule has 142 valence electrons. The first kappa shape index (κ1) is 25.6. The number of benzene rings is 1. The summed E-state index contributed by atoms with van der Waals surface area (Å²) >= 11 is 0. The molecule has 1 aromatic rings. The van der Waals surface area contributed by atoms with Crippen LogP contribution >= 0.6 is 0 Å². The Balaban J connectivity index is 0. The number of unbranched alkanes of at least 4 members (excludes halogenated alkanes) is 1. The third-order valence-electron chi connectivity index (χ3n) is 3.71. The summed E-state index contributed by atoms with van der Waals surface area (Å²) in [5.74, 6) is 0.145. The number of carbonyl (C=O) groups excluding carboxylic acids is 1. The molecule has 0 aliphatic heterocycles. The van der Waals surface area contributed by atoms with Crippen LogP contribution in [0.4, 0.5) is 0 Å². The summed E-state index contributed by atoms with van der Waals surface area (Å²) in [6, 6.07) is 6.03. The minimum Gasteiger partial charge on any atom is -0.397 e. The molecule has 0 fully saturated rings. The van der Waals surface area contributed by atoms with Crippen LogP contribution in [0, 0.1) is 13.8 Å². The molecule has 0 radical (unpaired) electrons. The first-order valence-corrected chi connectivity index (χ1v) is 9.39. The van der Waals surface area contributed by atoms with Gasteiger partial charge in [-0.1, -0.05) is 63.5 Å². The molecule has 25 heavy (non-hydrogen) atoms. The number of aliphatic hydroxyl groups is 1. The molecule has 0 aliphatic rings. The Morgan fingerprint density at radius 1 is 1.08 bits per heavy atom. The van der Waals surface area contributed by atoms with Crippen LogP contribution < -0.4 is 0 Å². The lowest BCUT2D eigenvalue weighted by Gasteiger charge is -2.09. The number of hydrogen-bond acceptors (Lipinski definition) is 2. The second-order valence-corrected chi connectivity index (χ2v) is 5.97.